The Bertz CT molecular complexity index is 778. The number of amides is 2. The number of halogens is 1. The van der Waals surface area contributed by atoms with Gasteiger partial charge in [0.15, 0.2) is 5.76 Å². The molecule has 0 radical (unpaired) electrons. The van der Waals surface area contributed by atoms with Gasteiger partial charge in [0.25, 0.3) is 5.91 Å². The van der Waals surface area contributed by atoms with Crippen LogP contribution in [0.15, 0.2) is 47.1 Å². The van der Waals surface area contributed by atoms with Crippen molar-refractivity contribution in [1.29, 1.82) is 0 Å². The second kappa shape index (κ2) is 9.26. The first kappa shape index (κ1) is 20.4. The van der Waals surface area contributed by atoms with E-state index in [0.29, 0.717) is 24.2 Å². The molecule has 2 amide bonds. The number of rotatable bonds is 5. The van der Waals surface area contributed by atoms with Crippen LogP contribution in [0.2, 0.25) is 0 Å². The van der Waals surface area contributed by atoms with Gasteiger partial charge < -0.3 is 20.4 Å². The lowest BCUT2D eigenvalue weighted by Crippen LogP contribution is -2.42. The van der Waals surface area contributed by atoms with Gasteiger partial charge in [-0.1, -0.05) is 25.0 Å². The molecule has 2 aliphatic rings. The van der Waals surface area contributed by atoms with Gasteiger partial charge >= 0.3 is 0 Å². The molecule has 3 N–H and O–H groups in total. The van der Waals surface area contributed by atoms with Crippen LogP contribution in [0.4, 0.5) is 5.69 Å². The Morgan fingerprint density at radius 2 is 1.89 bits per heavy atom. The van der Waals surface area contributed by atoms with E-state index in [1.807, 2.05) is 24.3 Å². The normalized spacial score (nSPS) is 23.4. The summed E-state index contributed by atoms with van der Waals surface area (Å²) in [6.07, 6.45) is 7.42. The standard InChI is InChI=1S/C21H25N3O3.ClH/c25-20(18-12-15-4-1-2-5-17(15)24-18)22-13-14-7-9-16(10-8-14)23-21(26)19-6-3-11-27-19;/h3,6-11,15,17-18,24H,1-2,4-5,12-13H2,(H,22,25)(H,23,26);1H. The summed E-state index contributed by atoms with van der Waals surface area (Å²) in [5, 5.41) is 9.31. The highest BCUT2D eigenvalue weighted by Crippen LogP contribution is 2.33. The van der Waals surface area contributed by atoms with Crippen molar-refractivity contribution < 1.29 is 14.0 Å². The molecule has 6 nitrogen and oxygen atoms in total. The maximum atomic E-state index is 12.5. The van der Waals surface area contributed by atoms with E-state index < -0.39 is 0 Å². The zero-order valence-corrected chi connectivity index (χ0v) is 16.5. The molecule has 2 fully saturated rings. The highest BCUT2D eigenvalue weighted by Gasteiger charge is 2.37. The number of carbonyl (C=O) groups is 2. The SMILES string of the molecule is Cl.O=C(Nc1ccc(CNC(=O)C2CC3CCCCC3N2)cc1)c1ccco1. The largest absolute Gasteiger partial charge is 0.459 e. The Labute approximate surface area is 170 Å². The first-order chi connectivity index (χ1) is 13.2. The predicted molar refractivity (Wildman–Crippen MR) is 109 cm³/mol. The predicted octanol–water partition coefficient (Wildman–Crippen LogP) is 3.49. The van der Waals surface area contributed by atoms with E-state index in [-0.39, 0.29) is 36.0 Å². The van der Waals surface area contributed by atoms with Gasteiger partial charge in [0, 0.05) is 18.3 Å². The molecule has 4 rings (SSSR count). The summed E-state index contributed by atoms with van der Waals surface area (Å²) in [5.41, 5.74) is 1.68. The average molecular weight is 404 g/mol. The molecule has 1 aliphatic heterocycles. The van der Waals surface area contributed by atoms with Crippen LogP contribution >= 0.6 is 12.4 Å². The van der Waals surface area contributed by atoms with Gasteiger partial charge in [0.1, 0.15) is 0 Å². The van der Waals surface area contributed by atoms with Gasteiger partial charge in [-0.15, -0.1) is 12.4 Å². The molecule has 0 spiro atoms. The first-order valence-electron chi connectivity index (χ1n) is 9.66. The molecule has 1 aromatic heterocycles. The lowest BCUT2D eigenvalue weighted by Gasteiger charge is -2.24. The maximum absolute atomic E-state index is 12.5. The van der Waals surface area contributed by atoms with E-state index >= 15 is 0 Å². The number of hydrogen-bond donors (Lipinski definition) is 3. The van der Waals surface area contributed by atoms with Crippen LogP contribution in [0.5, 0.6) is 0 Å². The summed E-state index contributed by atoms with van der Waals surface area (Å²) in [4.78, 5) is 24.4. The van der Waals surface area contributed by atoms with Gasteiger partial charge in [-0.05, 0) is 55.0 Å². The summed E-state index contributed by atoms with van der Waals surface area (Å²) in [6, 6.07) is 11.2. The minimum absolute atomic E-state index is 0. The van der Waals surface area contributed by atoms with E-state index in [4.69, 9.17) is 4.42 Å². The third-order valence-electron chi connectivity index (χ3n) is 5.60. The van der Waals surface area contributed by atoms with E-state index in [1.54, 1.807) is 12.1 Å². The second-order valence-corrected chi connectivity index (χ2v) is 7.45. The van der Waals surface area contributed by atoms with Gasteiger partial charge in [0.05, 0.1) is 12.3 Å². The molecule has 28 heavy (non-hydrogen) atoms. The smallest absolute Gasteiger partial charge is 0.291 e. The van der Waals surface area contributed by atoms with Crippen LogP contribution in [-0.4, -0.2) is 23.9 Å². The van der Waals surface area contributed by atoms with E-state index in [1.165, 1.54) is 31.9 Å². The van der Waals surface area contributed by atoms with Gasteiger partial charge in [-0.25, -0.2) is 0 Å². The lowest BCUT2D eigenvalue weighted by molar-refractivity contribution is -0.123. The van der Waals surface area contributed by atoms with Crippen molar-refractivity contribution >= 4 is 29.9 Å². The summed E-state index contributed by atoms with van der Waals surface area (Å²) >= 11 is 0. The van der Waals surface area contributed by atoms with Crippen LogP contribution in [0.3, 0.4) is 0 Å². The Hall–Kier alpha value is -2.31. The van der Waals surface area contributed by atoms with Gasteiger partial charge in [0.2, 0.25) is 5.91 Å². The van der Waals surface area contributed by atoms with Crippen molar-refractivity contribution in [3.05, 3.63) is 54.0 Å². The van der Waals surface area contributed by atoms with Gasteiger partial charge in [-0.3, -0.25) is 9.59 Å². The van der Waals surface area contributed by atoms with E-state index in [0.717, 1.165) is 12.0 Å². The maximum Gasteiger partial charge on any atom is 0.291 e. The summed E-state index contributed by atoms with van der Waals surface area (Å²) in [6.45, 7) is 0.485. The second-order valence-electron chi connectivity index (χ2n) is 7.45. The number of benzene rings is 1. The summed E-state index contributed by atoms with van der Waals surface area (Å²) in [7, 11) is 0. The van der Waals surface area contributed by atoms with Crippen molar-refractivity contribution in [1.82, 2.24) is 10.6 Å². The monoisotopic (exact) mass is 403 g/mol. The third-order valence-corrected chi connectivity index (χ3v) is 5.60. The molecule has 150 valence electrons. The Morgan fingerprint density at radius 3 is 2.61 bits per heavy atom. The van der Waals surface area contributed by atoms with Crippen LogP contribution in [0.1, 0.15) is 48.2 Å². The van der Waals surface area contributed by atoms with Crippen molar-refractivity contribution in [3.63, 3.8) is 0 Å². The molecule has 2 aromatic rings. The van der Waals surface area contributed by atoms with Gasteiger partial charge in [-0.2, -0.15) is 0 Å². The summed E-state index contributed by atoms with van der Waals surface area (Å²) < 4.78 is 5.07. The highest BCUT2D eigenvalue weighted by atomic mass is 35.5. The number of hydrogen-bond acceptors (Lipinski definition) is 4. The van der Waals surface area contributed by atoms with Crippen LogP contribution < -0.4 is 16.0 Å². The number of carbonyl (C=O) groups excluding carboxylic acids is 2. The van der Waals surface area contributed by atoms with E-state index in [9.17, 15) is 9.59 Å². The molecular formula is C21H26ClN3O3. The zero-order chi connectivity index (χ0) is 18.6. The minimum Gasteiger partial charge on any atom is -0.459 e. The molecule has 3 unspecified atom stereocenters. The molecule has 7 heteroatoms. The molecule has 3 atom stereocenters. The number of nitrogens with one attached hydrogen (secondary N) is 3. The number of anilines is 1. The van der Waals surface area contributed by atoms with E-state index in [2.05, 4.69) is 16.0 Å². The molecule has 1 saturated heterocycles. The Kier molecular flexibility index (Phi) is 6.75. The molecule has 1 aliphatic carbocycles. The van der Waals surface area contributed by atoms with Crippen molar-refractivity contribution in [2.45, 2.75) is 50.7 Å². The molecule has 0 bridgehead atoms. The fourth-order valence-electron chi connectivity index (χ4n) is 4.14. The fourth-order valence-corrected chi connectivity index (χ4v) is 4.14. The first-order valence-corrected chi connectivity index (χ1v) is 9.66. The van der Waals surface area contributed by atoms with Crippen LogP contribution in [0, 0.1) is 5.92 Å². The molecule has 2 heterocycles. The minimum atomic E-state index is -0.283. The van der Waals surface area contributed by atoms with Crippen molar-refractivity contribution in [2.24, 2.45) is 5.92 Å². The quantitative estimate of drug-likeness (QED) is 0.713. The molecular weight excluding hydrogens is 378 g/mol. The third kappa shape index (κ3) is 4.75. The van der Waals surface area contributed by atoms with Crippen molar-refractivity contribution in [3.8, 4) is 0 Å². The molecule has 1 aromatic carbocycles. The topological polar surface area (TPSA) is 83.4 Å². The Morgan fingerprint density at radius 1 is 1.11 bits per heavy atom. The van der Waals surface area contributed by atoms with Crippen LogP contribution in [-0.2, 0) is 11.3 Å². The van der Waals surface area contributed by atoms with Crippen molar-refractivity contribution in [2.75, 3.05) is 5.32 Å². The Balaban J connectivity index is 0.00000225. The zero-order valence-electron chi connectivity index (χ0n) is 15.6. The summed E-state index contributed by atoms with van der Waals surface area (Å²) in [5.74, 6) is 0.733. The number of fused-ring (bicyclic) bond motifs is 1. The fraction of sp³-hybridized carbons (Fsp3) is 0.429. The molecule has 1 saturated carbocycles. The lowest BCUT2D eigenvalue weighted by atomic mass is 9.85. The average Bonchev–Trinajstić information content (AvgIpc) is 3.37. The number of furan rings is 1. The van der Waals surface area contributed by atoms with Crippen LogP contribution in [0.25, 0.3) is 0 Å². The highest BCUT2D eigenvalue weighted by molar-refractivity contribution is 6.02.